The van der Waals surface area contributed by atoms with Crippen molar-refractivity contribution in [3.05, 3.63) is 59.7 Å². The standard InChI is InChI=1S/C23H26N2O6S/c1-16-13-24(14-17(2)31-16)32(28,29)20-8-5-7-19(12-20)23(27)30-15-22(26)25-11-10-18-6-3-4-9-21(18)25/h3-9,12,16-17H,10-11,13-15H2,1-2H3. The quantitative estimate of drug-likeness (QED) is 0.638. The van der Waals surface area contributed by atoms with Crippen LogP contribution < -0.4 is 4.90 Å². The predicted molar refractivity (Wildman–Crippen MR) is 118 cm³/mol. The average Bonchev–Trinajstić information content (AvgIpc) is 3.21. The molecule has 2 aliphatic heterocycles. The molecule has 2 aromatic rings. The first-order chi connectivity index (χ1) is 15.3. The number of carbonyl (C=O) groups is 2. The molecule has 0 aromatic heterocycles. The van der Waals surface area contributed by atoms with Gasteiger partial charge in [0, 0.05) is 25.3 Å². The van der Waals surface area contributed by atoms with Crippen molar-refractivity contribution in [2.24, 2.45) is 0 Å². The number of fused-ring (bicyclic) bond motifs is 1. The Morgan fingerprint density at radius 2 is 1.78 bits per heavy atom. The van der Waals surface area contributed by atoms with Crippen molar-refractivity contribution in [1.29, 1.82) is 0 Å². The zero-order valence-electron chi connectivity index (χ0n) is 18.1. The van der Waals surface area contributed by atoms with Gasteiger partial charge in [-0.2, -0.15) is 4.31 Å². The summed E-state index contributed by atoms with van der Waals surface area (Å²) in [5.74, 6) is -1.06. The second-order valence-corrected chi connectivity index (χ2v) is 10.0. The van der Waals surface area contributed by atoms with Gasteiger partial charge in [-0.3, -0.25) is 4.79 Å². The molecule has 4 rings (SSSR count). The molecule has 2 heterocycles. The van der Waals surface area contributed by atoms with Gasteiger partial charge in [-0.25, -0.2) is 13.2 Å². The second kappa shape index (κ2) is 9.01. The second-order valence-electron chi connectivity index (χ2n) is 8.11. The Kier molecular flexibility index (Phi) is 6.32. The third-order valence-corrected chi connectivity index (χ3v) is 7.44. The van der Waals surface area contributed by atoms with Crippen LogP contribution in [0.3, 0.4) is 0 Å². The molecule has 1 saturated heterocycles. The van der Waals surface area contributed by atoms with Crippen molar-refractivity contribution in [2.45, 2.75) is 37.4 Å². The molecule has 2 atom stereocenters. The van der Waals surface area contributed by atoms with Crippen LogP contribution in [0.1, 0.15) is 29.8 Å². The number of carbonyl (C=O) groups excluding carboxylic acids is 2. The maximum absolute atomic E-state index is 13.1. The van der Waals surface area contributed by atoms with E-state index in [0.717, 1.165) is 17.7 Å². The highest BCUT2D eigenvalue weighted by Gasteiger charge is 2.32. The SMILES string of the molecule is CC1CN(S(=O)(=O)c2cccc(C(=O)OCC(=O)N3CCc4ccccc43)c2)CC(C)O1. The van der Waals surface area contributed by atoms with Crippen LogP contribution >= 0.6 is 0 Å². The first kappa shape index (κ1) is 22.4. The van der Waals surface area contributed by atoms with Crippen LogP contribution in [0.2, 0.25) is 0 Å². The summed E-state index contributed by atoms with van der Waals surface area (Å²) < 4.78 is 38.3. The Bertz CT molecular complexity index is 1120. The highest BCUT2D eigenvalue weighted by Crippen LogP contribution is 2.27. The smallest absolute Gasteiger partial charge is 0.338 e. The molecule has 32 heavy (non-hydrogen) atoms. The number of hydrogen-bond donors (Lipinski definition) is 0. The molecular formula is C23H26N2O6S. The van der Waals surface area contributed by atoms with Gasteiger partial charge in [-0.15, -0.1) is 0 Å². The average molecular weight is 459 g/mol. The highest BCUT2D eigenvalue weighted by atomic mass is 32.2. The maximum Gasteiger partial charge on any atom is 0.338 e. The van der Waals surface area contributed by atoms with Crippen molar-refractivity contribution >= 4 is 27.6 Å². The minimum atomic E-state index is -3.79. The Hall–Kier alpha value is -2.75. The van der Waals surface area contributed by atoms with Gasteiger partial charge in [-0.1, -0.05) is 24.3 Å². The zero-order valence-corrected chi connectivity index (χ0v) is 18.9. The van der Waals surface area contributed by atoms with Crippen LogP contribution in [-0.4, -0.2) is 63.0 Å². The van der Waals surface area contributed by atoms with Crippen molar-refractivity contribution in [1.82, 2.24) is 4.31 Å². The number of ether oxygens (including phenoxy) is 2. The number of nitrogens with zero attached hydrogens (tertiary/aromatic N) is 2. The molecule has 0 spiro atoms. The van der Waals surface area contributed by atoms with Crippen molar-refractivity contribution in [3.8, 4) is 0 Å². The van der Waals surface area contributed by atoms with Crippen molar-refractivity contribution < 1.29 is 27.5 Å². The summed E-state index contributed by atoms with van der Waals surface area (Å²) in [7, 11) is -3.79. The molecule has 2 aromatic carbocycles. The zero-order chi connectivity index (χ0) is 22.9. The summed E-state index contributed by atoms with van der Waals surface area (Å²) in [6, 6.07) is 13.3. The molecule has 0 aliphatic carbocycles. The van der Waals surface area contributed by atoms with Gasteiger partial charge in [0.1, 0.15) is 0 Å². The van der Waals surface area contributed by atoms with Crippen LogP contribution in [0.5, 0.6) is 0 Å². The van der Waals surface area contributed by atoms with E-state index in [1.54, 1.807) is 4.90 Å². The molecule has 2 unspecified atom stereocenters. The lowest BCUT2D eigenvalue weighted by Crippen LogP contribution is -2.48. The first-order valence-corrected chi connectivity index (χ1v) is 12.0. The number of rotatable bonds is 5. The molecule has 1 fully saturated rings. The lowest BCUT2D eigenvalue weighted by Gasteiger charge is -2.34. The van der Waals surface area contributed by atoms with E-state index in [1.807, 2.05) is 38.1 Å². The van der Waals surface area contributed by atoms with Gasteiger partial charge in [0.15, 0.2) is 6.61 Å². The first-order valence-electron chi connectivity index (χ1n) is 10.6. The minimum Gasteiger partial charge on any atom is -0.452 e. The van der Waals surface area contributed by atoms with Crippen LogP contribution in [0.15, 0.2) is 53.4 Å². The van der Waals surface area contributed by atoms with Crippen LogP contribution in [0.4, 0.5) is 5.69 Å². The number of amides is 1. The van der Waals surface area contributed by atoms with E-state index in [4.69, 9.17) is 9.47 Å². The van der Waals surface area contributed by atoms with E-state index in [2.05, 4.69) is 0 Å². The van der Waals surface area contributed by atoms with Gasteiger partial charge in [0.05, 0.1) is 22.7 Å². The molecule has 1 amide bonds. The summed E-state index contributed by atoms with van der Waals surface area (Å²) >= 11 is 0. The Balaban J connectivity index is 1.43. The maximum atomic E-state index is 13.1. The van der Waals surface area contributed by atoms with E-state index in [1.165, 1.54) is 28.6 Å². The summed E-state index contributed by atoms with van der Waals surface area (Å²) in [6.07, 6.45) is 0.320. The van der Waals surface area contributed by atoms with Crippen LogP contribution in [0, 0.1) is 0 Å². The highest BCUT2D eigenvalue weighted by molar-refractivity contribution is 7.89. The van der Waals surface area contributed by atoms with Gasteiger partial charge >= 0.3 is 5.97 Å². The number of para-hydroxylation sites is 1. The van der Waals surface area contributed by atoms with Gasteiger partial charge in [-0.05, 0) is 50.1 Å². The monoisotopic (exact) mass is 458 g/mol. The van der Waals surface area contributed by atoms with Gasteiger partial charge in [0.2, 0.25) is 10.0 Å². The molecule has 170 valence electrons. The summed E-state index contributed by atoms with van der Waals surface area (Å²) in [6.45, 7) is 4.26. The van der Waals surface area contributed by atoms with Gasteiger partial charge < -0.3 is 14.4 Å². The summed E-state index contributed by atoms with van der Waals surface area (Å²) in [5.41, 5.74) is 1.99. The van der Waals surface area contributed by atoms with Crippen molar-refractivity contribution in [3.63, 3.8) is 0 Å². The molecule has 0 radical (unpaired) electrons. The van der Waals surface area contributed by atoms with E-state index in [0.29, 0.717) is 6.54 Å². The van der Waals surface area contributed by atoms with E-state index in [-0.39, 0.29) is 41.7 Å². The number of esters is 1. The Morgan fingerprint density at radius 1 is 1.06 bits per heavy atom. The molecule has 0 bridgehead atoms. The van der Waals surface area contributed by atoms with Crippen LogP contribution in [0.25, 0.3) is 0 Å². The molecule has 0 N–H and O–H groups in total. The topological polar surface area (TPSA) is 93.2 Å². The summed E-state index contributed by atoms with van der Waals surface area (Å²) in [5, 5.41) is 0. The fourth-order valence-electron chi connectivity index (χ4n) is 4.15. The minimum absolute atomic E-state index is 0.00745. The third-order valence-electron chi connectivity index (χ3n) is 5.61. The number of hydrogen-bond acceptors (Lipinski definition) is 6. The molecular weight excluding hydrogens is 432 g/mol. The lowest BCUT2D eigenvalue weighted by molar-refractivity contribution is -0.121. The number of benzene rings is 2. The number of anilines is 1. The Morgan fingerprint density at radius 3 is 2.53 bits per heavy atom. The fourth-order valence-corrected chi connectivity index (χ4v) is 5.78. The van der Waals surface area contributed by atoms with E-state index < -0.39 is 22.6 Å². The largest absolute Gasteiger partial charge is 0.452 e. The predicted octanol–water partition coefficient (Wildman–Crippen LogP) is 2.23. The van der Waals surface area contributed by atoms with E-state index >= 15 is 0 Å². The van der Waals surface area contributed by atoms with Crippen molar-refractivity contribution in [2.75, 3.05) is 31.1 Å². The van der Waals surface area contributed by atoms with Gasteiger partial charge in [0.25, 0.3) is 5.91 Å². The molecule has 2 aliphatic rings. The van der Waals surface area contributed by atoms with E-state index in [9.17, 15) is 18.0 Å². The molecule has 8 nitrogen and oxygen atoms in total. The normalized spacial score (nSPS) is 21.2. The fraction of sp³-hybridized carbons (Fsp3) is 0.391. The molecule has 0 saturated carbocycles. The number of sulfonamides is 1. The number of morpholine rings is 1. The van der Waals surface area contributed by atoms with Crippen LogP contribution in [-0.2, 0) is 30.7 Å². The Labute approximate surface area is 187 Å². The molecule has 9 heteroatoms. The third kappa shape index (κ3) is 4.55. The lowest BCUT2D eigenvalue weighted by atomic mass is 10.2. The summed E-state index contributed by atoms with van der Waals surface area (Å²) in [4.78, 5) is 26.7.